The maximum atomic E-state index is 5.65. The van der Waals surface area contributed by atoms with Gasteiger partial charge in [-0.25, -0.2) is 0 Å². The summed E-state index contributed by atoms with van der Waals surface area (Å²) in [7, 11) is 0. The molecule has 1 atom stereocenters. The van der Waals surface area contributed by atoms with E-state index < -0.39 is 0 Å². The van der Waals surface area contributed by atoms with Crippen LogP contribution in [0, 0.1) is 11.8 Å². The molecule has 0 aromatic rings. The van der Waals surface area contributed by atoms with Gasteiger partial charge in [0.05, 0.1) is 6.61 Å². The van der Waals surface area contributed by atoms with E-state index in [-0.39, 0.29) is 0 Å². The van der Waals surface area contributed by atoms with Gasteiger partial charge in [-0.2, -0.15) is 0 Å². The summed E-state index contributed by atoms with van der Waals surface area (Å²) in [5, 5.41) is 3.68. The summed E-state index contributed by atoms with van der Waals surface area (Å²) in [5.41, 5.74) is 0. The Morgan fingerprint density at radius 1 is 1.12 bits per heavy atom. The number of hydrogen-bond donors (Lipinski definition) is 1. The molecule has 1 N–H and O–H groups in total. The molecule has 4 fully saturated rings. The van der Waals surface area contributed by atoms with Crippen LogP contribution in [0.2, 0.25) is 0 Å². The second-order valence-electron chi connectivity index (χ2n) is 5.72. The van der Waals surface area contributed by atoms with Gasteiger partial charge in [-0.1, -0.05) is 0 Å². The Kier molecular flexibility index (Phi) is 3.46. The molecular weight excluding hydrogens is 200 g/mol. The first-order valence-corrected chi connectivity index (χ1v) is 6.95. The SMILES string of the molecule is C(COCC1CC1)NC1CN2CCC1CC2. The third-order valence-corrected chi connectivity index (χ3v) is 4.36. The van der Waals surface area contributed by atoms with Crippen molar-refractivity contribution in [1.29, 1.82) is 0 Å². The third-order valence-electron chi connectivity index (χ3n) is 4.36. The molecular formula is C13H24N2O. The van der Waals surface area contributed by atoms with Crippen LogP contribution < -0.4 is 5.32 Å². The van der Waals surface area contributed by atoms with Gasteiger partial charge in [-0.3, -0.25) is 0 Å². The molecule has 1 saturated carbocycles. The predicted molar refractivity (Wildman–Crippen MR) is 64.5 cm³/mol. The van der Waals surface area contributed by atoms with Crippen molar-refractivity contribution >= 4 is 0 Å². The maximum absolute atomic E-state index is 5.65. The average molecular weight is 224 g/mol. The zero-order chi connectivity index (χ0) is 10.8. The van der Waals surface area contributed by atoms with Gasteiger partial charge in [0.1, 0.15) is 0 Å². The number of piperidine rings is 3. The van der Waals surface area contributed by atoms with Crippen LogP contribution in [0.4, 0.5) is 0 Å². The molecule has 0 amide bonds. The highest BCUT2D eigenvalue weighted by Gasteiger charge is 2.33. The Balaban J connectivity index is 1.29. The van der Waals surface area contributed by atoms with Crippen molar-refractivity contribution in [1.82, 2.24) is 10.2 Å². The molecule has 92 valence electrons. The van der Waals surface area contributed by atoms with E-state index in [0.29, 0.717) is 0 Å². The molecule has 1 aliphatic carbocycles. The highest BCUT2D eigenvalue weighted by molar-refractivity contribution is 4.90. The van der Waals surface area contributed by atoms with E-state index in [0.717, 1.165) is 37.6 Å². The Morgan fingerprint density at radius 2 is 1.94 bits per heavy atom. The van der Waals surface area contributed by atoms with Gasteiger partial charge in [0, 0.05) is 25.7 Å². The zero-order valence-corrected chi connectivity index (χ0v) is 10.2. The molecule has 0 aromatic heterocycles. The van der Waals surface area contributed by atoms with E-state index in [4.69, 9.17) is 4.74 Å². The van der Waals surface area contributed by atoms with Gasteiger partial charge in [0.15, 0.2) is 0 Å². The van der Waals surface area contributed by atoms with Crippen LogP contribution in [0.25, 0.3) is 0 Å². The number of rotatable bonds is 6. The van der Waals surface area contributed by atoms with E-state index in [9.17, 15) is 0 Å². The first-order valence-electron chi connectivity index (χ1n) is 6.95. The number of hydrogen-bond acceptors (Lipinski definition) is 3. The lowest BCUT2D eigenvalue weighted by Crippen LogP contribution is -2.56. The van der Waals surface area contributed by atoms with Crippen LogP contribution in [0.3, 0.4) is 0 Å². The monoisotopic (exact) mass is 224 g/mol. The predicted octanol–water partition coefficient (Wildman–Crippen LogP) is 1.10. The minimum atomic E-state index is 0.743. The minimum absolute atomic E-state index is 0.743. The first-order chi connectivity index (χ1) is 7.92. The van der Waals surface area contributed by atoms with Crippen LogP contribution >= 0.6 is 0 Å². The lowest BCUT2D eigenvalue weighted by atomic mass is 9.84. The fourth-order valence-corrected chi connectivity index (χ4v) is 3.05. The highest BCUT2D eigenvalue weighted by atomic mass is 16.5. The van der Waals surface area contributed by atoms with Crippen molar-refractivity contribution in [3.63, 3.8) is 0 Å². The smallest absolute Gasteiger partial charge is 0.0591 e. The minimum Gasteiger partial charge on any atom is -0.380 e. The third kappa shape index (κ3) is 2.76. The molecule has 4 aliphatic rings. The second-order valence-corrected chi connectivity index (χ2v) is 5.72. The van der Waals surface area contributed by atoms with Crippen molar-refractivity contribution < 1.29 is 4.74 Å². The molecule has 4 rings (SSSR count). The van der Waals surface area contributed by atoms with Crippen LogP contribution in [0.15, 0.2) is 0 Å². The van der Waals surface area contributed by atoms with Crippen LogP contribution in [0.1, 0.15) is 25.7 Å². The van der Waals surface area contributed by atoms with E-state index in [1.807, 2.05) is 0 Å². The topological polar surface area (TPSA) is 24.5 Å². The Labute approximate surface area is 98.5 Å². The molecule has 16 heavy (non-hydrogen) atoms. The zero-order valence-electron chi connectivity index (χ0n) is 10.2. The summed E-state index contributed by atoms with van der Waals surface area (Å²) in [6.45, 7) is 6.89. The normalized spacial score (nSPS) is 37.9. The molecule has 0 aromatic carbocycles. The molecule has 3 saturated heterocycles. The second kappa shape index (κ2) is 5.03. The molecule has 2 bridgehead atoms. The Morgan fingerprint density at radius 3 is 2.56 bits per heavy atom. The van der Waals surface area contributed by atoms with Crippen LogP contribution in [0.5, 0.6) is 0 Å². The van der Waals surface area contributed by atoms with Gasteiger partial charge in [-0.15, -0.1) is 0 Å². The van der Waals surface area contributed by atoms with Gasteiger partial charge >= 0.3 is 0 Å². The van der Waals surface area contributed by atoms with E-state index >= 15 is 0 Å². The lowest BCUT2D eigenvalue weighted by Gasteiger charge is -2.45. The van der Waals surface area contributed by atoms with E-state index in [1.165, 1.54) is 45.3 Å². The number of fused-ring (bicyclic) bond motifs is 3. The van der Waals surface area contributed by atoms with Crippen molar-refractivity contribution in [3.8, 4) is 0 Å². The summed E-state index contributed by atoms with van der Waals surface area (Å²) in [6, 6.07) is 0.743. The Hall–Kier alpha value is -0.120. The first kappa shape index (κ1) is 11.0. The molecule has 3 aliphatic heterocycles. The largest absolute Gasteiger partial charge is 0.380 e. The standard InChI is InChI=1S/C13H24N2O/c1-2-11(1)10-16-8-5-14-13-9-15-6-3-12(13)4-7-15/h11-14H,1-10H2. The van der Waals surface area contributed by atoms with Gasteiger partial charge in [0.25, 0.3) is 0 Å². The molecule has 3 nitrogen and oxygen atoms in total. The summed E-state index contributed by atoms with van der Waals surface area (Å²) in [5.74, 6) is 1.84. The quantitative estimate of drug-likeness (QED) is 0.684. The van der Waals surface area contributed by atoms with Crippen molar-refractivity contribution in [2.24, 2.45) is 11.8 Å². The number of nitrogens with one attached hydrogen (secondary N) is 1. The average Bonchev–Trinajstić information content (AvgIpc) is 3.14. The van der Waals surface area contributed by atoms with Crippen molar-refractivity contribution in [2.45, 2.75) is 31.7 Å². The summed E-state index contributed by atoms with van der Waals surface area (Å²) < 4.78 is 5.65. The Bertz CT molecular complexity index is 222. The molecule has 3 heterocycles. The molecule has 1 unspecified atom stereocenters. The number of nitrogens with zero attached hydrogens (tertiary/aromatic N) is 1. The summed E-state index contributed by atoms with van der Waals surface area (Å²) >= 11 is 0. The van der Waals surface area contributed by atoms with Crippen LogP contribution in [-0.2, 0) is 4.74 Å². The fourth-order valence-electron chi connectivity index (χ4n) is 3.05. The lowest BCUT2D eigenvalue weighted by molar-refractivity contribution is 0.0638. The van der Waals surface area contributed by atoms with Gasteiger partial charge in [0.2, 0.25) is 0 Å². The highest BCUT2D eigenvalue weighted by Crippen LogP contribution is 2.29. The van der Waals surface area contributed by atoms with Gasteiger partial charge < -0.3 is 15.0 Å². The number of ether oxygens (including phenoxy) is 1. The van der Waals surface area contributed by atoms with Crippen molar-refractivity contribution in [3.05, 3.63) is 0 Å². The molecule has 0 spiro atoms. The fraction of sp³-hybridized carbons (Fsp3) is 1.00. The molecule has 0 radical (unpaired) electrons. The van der Waals surface area contributed by atoms with Gasteiger partial charge in [-0.05, 0) is 50.6 Å². The maximum Gasteiger partial charge on any atom is 0.0591 e. The van der Waals surface area contributed by atoms with Crippen LogP contribution in [-0.4, -0.2) is 50.3 Å². The summed E-state index contributed by atoms with van der Waals surface area (Å²) in [4.78, 5) is 2.60. The summed E-state index contributed by atoms with van der Waals surface area (Å²) in [6.07, 6.45) is 5.60. The van der Waals surface area contributed by atoms with Crippen molar-refractivity contribution in [2.75, 3.05) is 39.4 Å². The van der Waals surface area contributed by atoms with E-state index in [1.54, 1.807) is 0 Å². The molecule has 3 heteroatoms. The van der Waals surface area contributed by atoms with E-state index in [2.05, 4.69) is 10.2 Å².